The smallest absolute Gasteiger partial charge is 0.223 e. The summed E-state index contributed by atoms with van der Waals surface area (Å²) in [5.41, 5.74) is 1.38. The lowest BCUT2D eigenvalue weighted by atomic mass is 9.97. The van der Waals surface area contributed by atoms with Crippen LogP contribution >= 0.6 is 0 Å². The highest BCUT2D eigenvalue weighted by Gasteiger charge is 2.40. The van der Waals surface area contributed by atoms with E-state index in [4.69, 9.17) is 0 Å². The molecule has 2 fully saturated rings. The van der Waals surface area contributed by atoms with Crippen molar-refractivity contribution in [3.8, 4) is 0 Å². The minimum absolute atomic E-state index is 0.373. The van der Waals surface area contributed by atoms with Crippen molar-refractivity contribution in [3.63, 3.8) is 0 Å². The minimum Gasteiger partial charge on any atom is -0.336 e. The number of hydrogen-bond acceptors (Lipinski definition) is 1. The molecule has 20 heavy (non-hydrogen) atoms. The van der Waals surface area contributed by atoms with Crippen LogP contribution in [-0.4, -0.2) is 22.9 Å². The molecule has 0 aromatic heterocycles. The molecule has 2 aliphatic heterocycles. The Bertz CT molecular complexity index is 658. The van der Waals surface area contributed by atoms with Crippen LogP contribution in [0.25, 0.3) is 10.8 Å². The monoisotopic (exact) mass is 265 g/mol. The summed E-state index contributed by atoms with van der Waals surface area (Å²) in [6, 6.07) is 16.0. The van der Waals surface area contributed by atoms with Crippen LogP contribution in [0.5, 0.6) is 0 Å². The van der Waals surface area contributed by atoms with Gasteiger partial charge in [0.2, 0.25) is 5.91 Å². The van der Waals surface area contributed by atoms with Crippen LogP contribution in [0.2, 0.25) is 0 Å². The SMILES string of the molecule is O=C1CC[C@H]2CC[C@H](Cc3cccc4ccccc34)N12. The maximum atomic E-state index is 12.0. The van der Waals surface area contributed by atoms with E-state index in [1.54, 1.807) is 0 Å². The number of fused-ring (bicyclic) bond motifs is 2. The van der Waals surface area contributed by atoms with E-state index >= 15 is 0 Å². The quantitative estimate of drug-likeness (QED) is 0.813. The van der Waals surface area contributed by atoms with Crippen LogP contribution in [0.15, 0.2) is 42.5 Å². The van der Waals surface area contributed by atoms with E-state index in [2.05, 4.69) is 47.4 Å². The van der Waals surface area contributed by atoms with Gasteiger partial charge in [0.1, 0.15) is 0 Å². The first-order valence-electron chi connectivity index (χ1n) is 7.61. The molecule has 2 aliphatic rings. The topological polar surface area (TPSA) is 20.3 Å². The summed E-state index contributed by atoms with van der Waals surface area (Å²) < 4.78 is 0. The summed E-state index contributed by atoms with van der Waals surface area (Å²) in [5, 5.41) is 2.64. The van der Waals surface area contributed by atoms with Gasteiger partial charge in [-0.05, 0) is 42.0 Å². The average Bonchev–Trinajstić information content (AvgIpc) is 3.04. The van der Waals surface area contributed by atoms with Gasteiger partial charge in [-0.25, -0.2) is 0 Å². The van der Waals surface area contributed by atoms with Crippen LogP contribution < -0.4 is 0 Å². The first-order valence-corrected chi connectivity index (χ1v) is 7.61. The molecule has 2 heteroatoms. The van der Waals surface area contributed by atoms with Crippen LogP contribution in [-0.2, 0) is 11.2 Å². The van der Waals surface area contributed by atoms with Crippen LogP contribution in [0.3, 0.4) is 0 Å². The largest absolute Gasteiger partial charge is 0.336 e. The number of amides is 1. The second-order valence-corrected chi connectivity index (χ2v) is 6.07. The van der Waals surface area contributed by atoms with Gasteiger partial charge in [-0.3, -0.25) is 4.79 Å². The molecule has 2 saturated heterocycles. The standard InChI is InChI=1S/C18H19NO/c20-18-11-10-15-8-9-16(19(15)18)12-14-6-3-5-13-4-1-2-7-17(13)14/h1-7,15-16H,8-12H2/t15-,16-/m1/s1. The Morgan fingerprint density at radius 3 is 2.80 bits per heavy atom. The maximum absolute atomic E-state index is 12.0. The zero-order chi connectivity index (χ0) is 13.5. The molecule has 2 nitrogen and oxygen atoms in total. The van der Waals surface area contributed by atoms with Gasteiger partial charge in [-0.15, -0.1) is 0 Å². The molecule has 2 aromatic rings. The van der Waals surface area contributed by atoms with Crippen molar-refractivity contribution in [2.75, 3.05) is 0 Å². The lowest BCUT2D eigenvalue weighted by Crippen LogP contribution is -2.36. The second kappa shape index (κ2) is 4.62. The van der Waals surface area contributed by atoms with Gasteiger partial charge in [0.05, 0.1) is 0 Å². The first kappa shape index (κ1) is 12.0. The molecule has 0 aliphatic carbocycles. The van der Waals surface area contributed by atoms with E-state index in [0.29, 0.717) is 18.0 Å². The van der Waals surface area contributed by atoms with Crippen LogP contribution in [0.1, 0.15) is 31.2 Å². The molecule has 2 aromatic carbocycles. The van der Waals surface area contributed by atoms with Crippen molar-refractivity contribution in [2.24, 2.45) is 0 Å². The predicted molar refractivity (Wildman–Crippen MR) is 80.5 cm³/mol. The number of rotatable bonds is 2. The molecule has 102 valence electrons. The molecule has 2 atom stereocenters. The average molecular weight is 265 g/mol. The molecule has 4 rings (SSSR count). The predicted octanol–water partition coefficient (Wildman–Crippen LogP) is 3.54. The van der Waals surface area contributed by atoms with E-state index in [0.717, 1.165) is 19.3 Å². The zero-order valence-electron chi connectivity index (χ0n) is 11.6. The summed E-state index contributed by atoms with van der Waals surface area (Å²) in [5.74, 6) is 0.373. The molecule has 2 heterocycles. The third kappa shape index (κ3) is 1.82. The Labute approximate surface area is 119 Å². The number of carbonyl (C=O) groups excluding carboxylic acids is 1. The molecule has 0 bridgehead atoms. The highest BCUT2D eigenvalue weighted by Crippen LogP contribution is 2.35. The fourth-order valence-corrected chi connectivity index (χ4v) is 4.00. The molecule has 0 unspecified atom stereocenters. The molecular weight excluding hydrogens is 246 g/mol. The van der Waals surface area contributed by atoms with Gasteiger partial charge in [0.15, 0.2) is 0 Å². The van der Waals surface area contributed by atoms with Crippen molar-refractivity contribution in [3.05, 3.63) is 48.0 Å². The Hall–Kier alpha value is -1.83. The van der Waals surface area contributed by atoms with Crippen LogP contribution in [0.4, 0.5) is 0 Å². The van der Waals surface area contributed by atoms with Crippen molar-refractivity contribution < 1.29 is 4.79 Å². The van der Waals surface area contributed by atoms with Crippen molar-refractivity contribution in [2.45, 2.75) is 44.2 Å². The van der Waals surface area contributed by atoms with Gasteiger partial charge in [-0.2, -0.15) is 0 Å². The van der Waals surface area contributed by atoms with Crippen molar-refractivity contribution in [1.82, 2.24) is 4.90 Å². The number of carbonyl (C=O) groups is 1. The summed E-state index contributed by atoms with van der Waals surface area (Å²) in [6.45, 7) is 0. The summed E-state index contributed by atoms with van der Waals surface area (Å²) in [6.07, 6.45) is 5.20. The normalized spacial score (nSPS) is 25.4. The van der Waals surface area contributed by atoms with Gasteiger partial charge < -0.3 is 4.90 Å². The fourth-order valence-electron chi connectivity index (χ4n) is 4.00. The van der Waals surface area contributed by atoms with Crippen LogP contribution in [0, 0.1) is 0 Å². The minimum atomic E-state index is 0.373. The highest BCUT2D eigenvalue weighted by molar-refractivity contribution is 5.86. The van der Waals surface area contributed by atoms with Gasteiger partial charge >= 0.3 is 0 Å². The van der Waals surface area contributed by atoms with E-state index in [-0.39, 0.29) is 0 Å². The van der Waals surface area contributed by atoms with E-state index < -0.39 is 0 Å². The third-order valence-corrected chi connectivity index (χ3v) is 4.93. The van der Waals surface area contributed by atoms with Gasteiger partial charge in [-0.1, -0.05) is 42.5 Å². The first-order chi connectivity index (χ1) is 9.83. The van der Waals surface area contributed by atoms with Gasteiger partial charge in [0.25, 0.3) is 0 Å². The summed E-state index contributed by atoms with van der Waals surface area (Å²) in [4.78, 5) is 14.2. The third-order valence-electron chi connectivity index (χ3n) is 4.93. The molecule has 0 saturated carbocycles. The molecule has 0 spiro atoms. The second-order valence-electron chi connectivity index (χ2n) is 6.07. The van der Waals surface area contributed by atoms with E-state index in [1.165, 1.54) is 29.2 Å². The Morgan fingerprint density at radius 2 is 1.85 bits per heavy atom. The lowest BCUT2D eigenvalue weighted by molar-refractivity contribution is -0.129. The molecule has 0 radical (unpaired) electrons. The molecule has 0 N–H and O–H groups in total. The number of hydrogen-bond donors (Lipinski definition) is 0. The maximum Gasteiger partial charge on any atom is 0.223 e. The van der Waals surface area contributed by atoms with Gasteiger partial charge in [0, 0.05) is 18.5 Å². The van der Waals surface area contributed by atoms with E-state index in [9.17, 15) is 4.79 Å². The van der Waals surface area contributed by atoms with Crippen molar-refractivity contribution in [1.29, 1.82) is 0 Å². The number of benzene rings is 2. The highest BCUT2D eigenvalue weighted by atomic mass is 16.2. The number of nitrogens with zero attached hydrogens (tertiary/aromatic N) is 1. The Balaban J connectivity index is 1.66. The lowest BCUT2D eigenvalue weighted by Gasteiger charge is -2.24. The van der Waals surface area contributed by atoms with Crippen molar-refractivity contribution >= 4 is 16.7 Å². The van der Waals surface area contributed by atoms with E-state index in [1.807, 2.05) is 0 Å². The summed E-state index contributed by atoms with van der Waals surface area (Å²) >= 11 is 0. The zero-order valence-corrected chi connectivity index (χ0v) is 11.6. The summed E-state index contributed by atoms with van der Waals surface area (Å²) in [7, 11) is 0. The Kier molecular flexibility index (Phi) is 2.76. The Morgan fingerprint density at radius 1 is 1.00 bits per heavy atom. The molecular formula is C18H19NO. The molecule has 1 amide bonds. The fraction of sp³-hybridized carbons (Fsp3) is 0.389.